The van der Waals surface area contributed by atoms with Gasteiger partial charge >= 0.3 is 0 Å². The van der Waals surface area contributed by atoms with Gasteiger partial charge < -0.3 is 25.4 Å². The average Bonchev–Trinajstić information content (AvgIpc) is 3.16. The Balaban J connectivity index is 1.57. The van der Waals surface area contributed by atoms with Crippen molar-refractivity contribution < 1.29 is 9.84 Å². The number of benzene rings is 2. The number of aliphatic imine (C=N–C) groups is 1. The molecule has 1 saturated heterocycles. The predicted octanol–water partition coefficient (Wildman–Crippen LogP) is 2.78. The molecule has 0 aromatic heterocycles. The van der Waals surface area contributed by atoms with Gasteiger partial charge in [-0.2, -0.15) is 0 Å². The molecule has 6 nitrogen and oxygen atoms in total. The number of rotatable bonds is 7. The summed E-state index contributed by atoms with van der Waals surface area (Å²) in [4.78, 5) is 7.06. The zero-order chi connectivity index (χ0) is 19.8. The van der Waals surface area contributed by atoms with Gasteiger partial charge in [-0.3, -0.25) is 4.99 Å². The van der Waals surface area contributed by atoms with E-state index in [1.807, 2.05) is 30.3 Å². The van der Waals surface area contributed by atoms with Crippen molar-refractivity contribution in [1.82, 2.24) is 10.6 Å². The molecule has 150 valence electrons. The number of methoxy groups -OCH3 is 1. The first kappa shape index (κ1) is 19.9. The van der Waals surface area contributed by atoms with Crippen LogP contribution in [0.15, 0.2) is 53.5 Å². The smallest absolute Gasteiger partial charge is 0.191 e. The summed E-state index contributed by atoms with van der Waals surface area (Å²) < 4.78 is 5.50. The fraction of sp³-hybridized carbons (Fsp3) is 0.409. The van der Waals surface area contributed by atoms with Crippen molar-refractivity contribution in [3.63, 3.8) is 0 Å². The molecule has 0 bridgehead atoms. The largest absolute Gasteiger partial charge is 0.508 e. The molecule has 2 aromatic rings. The van der Waals surface area contributed by atoms with Gasteiger partial charge in [0.15, 0.2) is 5.96 Å². The van der Waals surface area contributed by atoms with Gasteiger partial charge in [-0.15, -0.1) is 0 Å². The first-order valence-electron chi connectivity index (χ1n) is 9.90. The number of anilines is 1. The minimum atomic E-state index is 0.300. The molecular weight excluding hydrogens is 352 g/mol. The normalized spacial score (nSPS) is 16.9. The van der Waals surface area contributed by atoms with Crippen LogP contribution >= 0.6 is 0 Å². The number of aromatic hydroxyl groups is 1. The summed E-state index contributed by atoms with van der Waals surface area (Å²) in [5.74, 6) is 2.05. The summed E-state index contributed by atoms with van der Waals surface area (Å²) in [6.07, 6.45) is 1.85. The van der Waals surface area contributed by atoms with E-state index < -0.39 is 0 Å². The highest BCUT2D eigenvalue weighted by molar-refractivity contribution is 5.80. The molecule has 1 unspecified atom stereocenters. The van der Waals surface area contributed by atoms with Crippen LogP contribution in [0, 0.1) is 0 Å². The molecule has 1 heterocycles. The highest BCUT2D eigenvalue weighted by Gasteiger charge is 2.25. The van der Waals surface area contributed by atoms with Crippen LogP contribution in [0.4, 0.5) is 5.69 Å². The summed E-state index contributed by atoms with van der Waals surface area (Å²) in [5, 5.41) is 16.5. The third-order valence-corrected chi connectivity index (χ3v) is 4.88. The van der Waals surface area contributed by atoms with E-state index >= 15 is 0 Å². The van der Waals surface area contributed by atoms with Gasteiger partial charge in [0.25, 0.3) is 0 Å². The van der Waals surface area contributed by atoms with Gasteiger partial charge in [-0.1, -0.05) is 24.3 Å². The maximum absolute atomic E-state index is 9.58. The van der Waals surface area contributed by atoms with Gasteiger partial charge in [0.05, 0.1) is 12.8 Å². The third kappa shape index (κ3) is 5.31. The van der Waals surface area contributed by atoms with E-state index in [9.17, 15) is 5.11 Å². The molecule has 3 N–H and O–H groups in total. The average molecular weight is 383 g/mol. The minimum absolute atomic E-state index is 0.300. The van der Waals surface area contributed by atoms with E-state index in [2.05, 4.69) is 28.5 Å². The number of nitrogens with zero attached hydrogens (tertiary/aromatic N) is 2. The summed E-state index contributed by atoms with van der Waals surface area (Å²) in [6, 6.07) is 15.8. The predicted molar refractivity (Wildman–Crippen MR) is 115 cm³/mol. The highest BCUT2D eigenvalue weighted by Crippen LogP contribution is 2.30. The van der Waals surface area contributed by atoms with Crippen molar-refractivity contribution >= 4 is 11.6 Å². The van der Waals surface area contributed by atoms with E-state index in [0.717, 1.165) is 55.4 Å². The molecule has 1 aliphatic rings. The minimum Gasteiger partial charge on any atom is -0.508 e. The molecule has 1 fully saturated rings. The standard InChI is InChI=1S/C22H30N4O2/c1-3-23-22(24-13-11-17-7-6-8-19(27)15-17)25-18-12-14-26(16-18)20-9-4-5-10-21(20)28-2/h4-10,15,18,27H,3,11-14,16H2,1-2H3,(H2,23,24,25). The Hall–Kier alpha value is -2.89. The quantitative estimate of drug-likeness (QED) is 0.507. The number of ether oxygens (including phenoxy) is 1. The maximum Gasteiger partial charge on any atom is 0.191 e. The highest BCUT2D eigenvalue weighted by atomic mass is 16.5. The Kier molecular flexibility index (Phi) is 7.00. The fourth-order valence-corrected chi connectivity index (χ4v) is 3.51. The molecule has 28 heavy (non-hydrogen) atoms. The number of guanidine groups is 1. The van der Waals surface area contributed by atoms with E-state index in [-0.39, 0.29) is 0 Å². The Morgan fingerprint density at radius 3 is 2.89 bits per heavy atom. The van der Waals surface area contributed by atoms with E-state index in [0.29, 0.717) is 18.3 Å². The van der Waals surface area contributed by atoms with Gasteiger partial charge in [-0.25, -0.2) is 0 Å². The molecule has 0 radical (unpaired) electrons. The molecule has 1 atom stereocenters. The second-order valence-corrected chi connectivity index (χ2v) is 6.93. The Bertz CT molecular complexity index is 794. The van der Waals surface area contributed by atoms with E-state index in [1.54, 1.807) is 19.2 Å². The van der Waals surface area contributed by atoms with E-state index in [4.69, 9.17) is 9.73 Å². The first-order chi connectivity index (χ1) is 13.7. The summed E-state index contributed by atoms with van der Waals surface area (Å²) >= 11 is 0. The second kappa shape index (κ2) is 9.88. The monoisotopic (exact) mass is 382 g/mol. The second-order valence-electron chi connectivity index (χ2n) is 6.93. The van der Waals surface area contributed by atoms with Crippen LogP contribution < -0.4 is 20.3 Å². The molecule has 1 aliphatic heterocycles. The number of hydrogen-bond donors (Lipinski definition) is 3. The lowest BCUT2D eigenvalue weighted by molar-refractivity contribution is 0.415. The Morgan fingerprint density at radius 1 is 1.25 bits per heavy atom. The molecule has 0 spiro atoms. The molecular formula is C22H30N4O2. The van der Waals surface area contributed by atoms with Crippen molar-refractivity contribution in [3.05, 3.63) is 54.1 Å². The maximum atomic E-state index is 9.58. The molecule has 3 rings (SSSR count). The number of hydrogen-bond acceptors (Lipinski definition) is 4. The number of nitrogens with one attached hydrogen (secondary N) is 2. The van der Waals surface area contributed by atoms with Gasteiger partial charge in [0.2, 0.25) is 0 Å². The molecule has 0 aliphatic carbocycles. The summed E-state index contributed by atoms with van der Waals surface area (Å²) in [5.41, 5.74) is 2.22. The summed E-state index contributed by atoms with van der Waals surface area (Å²) in [7, 11) is 1.72. The first-order valence-corrected chi connectivity index (χ1v) is 9.90. The van der Waals surface area contributed by atoms with E-state index in [1.165, 1.54) is 0 Å². The van der Waals surface area contributed by atoms with Crippen molar-refractivity contribution in [1.29, 1.82) is 0 Å². The zero-order valence-electron chi connectivity index (χ0n) is 16.7. The van der Waals surface area contributed by atoms with Crippen molar-refractivity contribution in [3.8, 4) is 11.5 Å². The van der Waals surface area contributed by atoms with Crippen LogP contribution in [-0.2, 0) is 6.42 Å². The topological polar surface area (TPSA) is 69.1 Å². The molecule has 0 amide bonds. The van der Waals surface area contributed by atoms with Crippen LogP contribution in [0.3, 0.4) is 0 Å². The van der Waals surface area contributed by atoms with Crippen LogP contribution in [0.25, 0.3) is 0 Å². The molecule has 2 aromatic carbocycles. The molecule has 6 heteroatoms. The van der Waals surface area contributed by atoms with Crippen molar-refractivity contribution in [2.24, 2.45) is 4.99 Å². The van der Waals surface area contributed by atoms with Crippen LogP contribution in [0.5, 0.6) is 11.5 Å². The van der Waals surface area contributed by atoms with Crippen LogP contribution in [0.1, 0.15) is 18.9 Å². The third-order valence-electron chi connectivity index (χ3n) is 4.88. The lowest BCUT2D eigenvalue weighted by atomic mass is 10.1. The van der Waals surface area contributed by atoms with Crippen molar-refractivity contribution in [2.45, 2.75) is 25.8 Å². The Morgan fingerprint density at radius 2 is 2.11 bits per heavy atom. The Labute approximate surface area is 167 Å². The lowest BCUT2D eigenvalue weighted by Crippen LogP contribution is -2.44. The summed E-state index contributed by atoms with van der Waals surface area (Å²) in [6.45, 7) is 5.46. The SMILES string of the molecule is CCNC(=NCCc1cccc(O)c1)NC1CCN(c2ccccc2OC)C1. The van der Waals surface area contributed by atoms with Gasteiger partial charge in [0.1, 0.15) is 11.5 Å². The lowest BCUT2D eigenvalue weighted by Gasteiger charge is -2.22. The number of phenolic OH excluding ortho intramolecular Hbond substituents is 1. The fourth-order valence-electron chi connectivity index (χ4n) is 3.51. The number of phenols is 1. The van der Waals surface area contributed by atoms with Crippen molar-refractivity contribution in [2.75, 3.05) is 38.2 Å². The van der Waals surface area contributed by atoms with Crippen LogP contribution in [0.2, 0.25) is 0 Å². The number of para-hydroxylation sites is 2. The van der Waals surface area contributed by atoms with Gasteiger partial charge in [0, 0.05) is 32.2 Å². The molecule has 0 saturated carbocycles. The van der Waals surface area contributed by atoms with Crippen LogP contribution in [-0.4, -0.2) is 50.4 Å². The zero-order valence-corrected chi connectivity index (χ0v) is 16.7. The van der Waals surface area contributed by atoms with Gasteiger partial charge in [-0.05, 0) is 49.6 Å².